The fourth-order valence-corrected chi connectivity index (χ4v) is 4.20. The van der Waals surface area contributed by atoms with E-state index in [9.17, 15) is 4.79 Å². The molecule has 32 heavy (non-hydrogen) atoms. The second-order valence-corrected chi connectivity index (χ2v) is 9.30. The molecule has 0 bridgehead atoms. The Labute approximate surface area is 194 Å². The summed E-state index contributed by atoms with van der Waals surface area (Å²) >= 11 is 1.91. The molecule has 2 aliphatic rings. The van der Waals surface area contributed by atoms with Crippen molar-refractivity contribution in [3.63, 3.8) is 0 Å². The molecule has 1 heterocycles. The first-order valence-corrected chi connectivity index (χ1v) is 12.5. The van der Waals surface area contributed by atoms with E-state index in [1.165, 1.54) is 0 Å². The molecule has 0 N–H and O–H groups in total. The lowest BCUT2D eigenvalue weighted by atomic mass is 10.2. The van der Waals surface area contributed by atoms with Crippen LogP contribution in [0.4, 0.5) is 5.69 Å². The van der Waals surface area contributed by atoms with Crippen LogP contribution < -0.4 is 23.8 Å². The maximum Gasteiger partial charge on any atom is 0.268 e. The number of carbonyl (C=O) groups excluding carboxylic acids is 1. The van der Waals surface area contributed by atoms with E-state index in [4.69, 9.17) is 18.9 Å². The zero-order valence-corrected chi connectivity index (χ0v) is 19.6. The number of benzene rings is 2. The highest BCUT2D eigenvalue weighted by atomic mass is 32.2. The average Bonchev–Trinajstić information content (AvgIpc) is 3.56. The lowest BCUT2D eigenvalue weighted by Gasteiger charge is -2.19. The Morgan fingerprint density at radius 2 is 1.75 bits per heavy atom. The van der Waals surface area contributed by atoms with Crippen LogP contribution in [-0.2, 0) is 4.79 Å². The first kappa shape index (κ1) is 22.6. The minimum atomic E-state index is -0.497. The van der Waals surface area contributed by atoms with Gasteiger partial charge in [0.25, 0.3) is 5.91 Å². The summed E-state index contributed by atoms with van der Waals surface area (Å²) in [6, 6.07) is 13.2. The Morgan fingerprint density at radius 1 is 1.00 bits per heavy atom. The molecule has 2 fully saturated rings. The van der Waals surface area contributed by atoms with E-state index >= 15 is 0 Å². The van der Waals surface area contributed by atoms with Crippen LogP contribution in [-0.4, -0.2) is 49.9 Å². The highest BCUT2D eigenvalue weighted by molar-refractivity contribution is 7.99. The van der Waals surface area contributed by atoms with Crippen molar-refractivity contribution in [1.82, 2.24) is 0 Å². The van der Waals surface area contributed by atoms with Gasteiger partial charge in [0.15, 0.2) is 17.6 Å². The second-order valence-electron chi connectivity index (χ2n) is 7.91. The summed E-state index contributed by atoms with van der Waals surface area (Å²) < 4.78 is 23.1. The van der Waals surface area contributed by atoms with Crippen molar-refractivity contribution in [2.24, 2.45) is 0 Å². The predicted octanol–water partition coefficient (Wildman–Crippen LogP) is 4.94. The standard InChI is InChI=1S/C25H31NO5S/c1-3-32-16-4-15-29-22-12-5-18(17-24(22)28-2)26-14-13-23(25(26)27)31-21-10-8-20(9-11-21)30-19-6-7-19/h5,8-12,17,19,23H,3-4,6-7,13-16H2,1-2H3. The Morgan fingerprint density at radius 3 is 2.44 bits per heavy atom. The number of ether oxygens (including phenoxy) is 4. The Hall–Kier alpha value is -2.54. The summed E-state index contributed by atoms with van der Waals surface area (Å²) in [5.74, 6) is 5.01. The van der Waals surface area contributed by atoms with Gasteiger partial charge in [-0.2, -0.15) is 11.8 Å². The number of anilines is 1. The normalized spacial score (nSPS) is 18.0. The lowest BCUT2D eigenvalue weighted by molar-refractivity contribution is -0.122. The summed E-state index contributed by atoms with van der Waals surface area (Å²) in [7, 11) is 1.62. The quantitative estimate of drug-likeness (QED) is 0.421. The first-order chi connectivity index (χ1) is 15.7. The zero-order valence-electron chi connectivity index (χ0n) is 18.7. The van der Waals surface area contributed by atoms with Crippen LogP contribution in [0.3, 0.4) is 0 Å². The van der Waals surface area contributed by atoms with Crippen LogP contribution in [0.2, 0.25) is 0 Å². The van der Waals surface area contributed by atoms with E-state index in [2.05, 4.69) is 6.92 Å². The van der Waals surface area contributed by atoms with Gasteiger partial charge in [0, 0.05) is 24.7 Å². The predicted molar refractivity (Wildman–Crippen MR) is 128 cm³/mol. The number of methoxy groups -OCH3 is 1. The third-order valence-electron chi connectivity index (χ3n) is 5.44. The molecule has 0 spiro atoms. The second kappa shape index (κ2) is 10.9. The summed E-state index contributed by atoms with van der Waals surface area (Å²) in [5.41, 5.74) is 0.792. The van der Waals surface area contributed by atoms with Crippen molar-refractivity contribution >= 4 is 23.4 Å². The molecule has 4 rings (SSSR count). The van der Waals surface area contributed by atoms with Crippen molar-refractivity contribution in [2.75, 3.05) is 36.7 Å². The third kappa shape index (κ3) is 5.82. The fraction of sp³-hybridized carbons (Fsp3) is 0.480. The van der Waals surface area contributed by atoms with Gasteiger partial charge in [-0.3, -0.25) is 4.79 Å². The summed E-state index contributed by atoms with van der Waals surface area (Å²) in [6.07, 6.45) is 3.74. The smallest absolute Gasteiger partial charge is 0.268 e. The molecule has 1 aliphatic carbocycles. The van der Waals surface area contributed by atoms with Crippen molar-refractivity contribution in [3.05, 3.63) is 42.5 Å². The molecule has 172 valence electrons. The molecule has 1 atom stereocenters. The molecule has 7 heteroatoms. The highest BCUT2D eigenvalue weighted by Crippen LogP contribution is 2.34. The van der Waals surface area contributed by atoms with Crippen molar-refractivity contribution < 1.29 is 23.7 Å². The molecule has 1 saturated carbocycles. The highest BCUT2D eigenvalue weighted by Gasteiger charge is 2.34. The van der Waals surface area contributed by atoms with Crippen LogP contribution in [0.15, 0.2) is 42.5 Å². The van der Waals surface area contributed by atoms with E-state index in [0.29, 0.717) is 42.9 Å². The number of rotatable bonds is 12. The zero-order chi connectivity index (χ0) is 22.3. The molecule has 2 aromatic rings. The van der Waals surface area contributed by atoms with Crippen LogP contribution in [0.5, 0.6) is 23.0 Å². The number of nitrogens with zero attached hydrogens (tertiary/aromatic N) is 1. The van der Waals surface area contributed by atoms with Crippen LogP contribution in [0.1, 0.15) is 32.6 Å². The molecule has 2 aromatic carbocycles. The van der Waals surface area contributed by atoms with E-state index in [-0.39, 0.29) is 5.91 Å². The minimum absolute atomic E-state index is 0.0457. The monoisotopic (exact) mass is 457 g/mol. The summed E-state index contributed by atoms with van der Waals surface area (Å²) in [6.45, 7) is 3.40. The molecule has 6 nitrogen and oxygen atoms in total. The molecule has 1 aliphatic heterocycles. The Balaban J connectivity index is 1.34. The molecule has 1 saturated heterocycles. The number of hydrogen-bond donors (Lipinski definition) is 0. The van der Waals surface area contributed by atoms with E-state index in [1.54, 1.807) is 12.0 Å². The van der Waals surface area contributed by atoms with Gasteiger partial charge >= 0.3 is 0 Å². The van der Waals surface area contributed by atoms with Crippen LogP contribution in [0, 0.1) is 0 Å². The van der Waals surface area contributed by atoms with Gasteiger partial charge in [-0.15, -0.1) is 0 Å². The number of amides is 1. The summed E-state index contributed by atoms with van der Waals surface area (Å²) in [5, 5.41) is 0. The molecule has 0 radical (unpaired) electrons. The van der Waals surface area contributed by atoms with Crippen molar-refractivity contribution in [1.29, 1.82) is 0 Å². The first-order valence-electron chi connectivity index (χ1n) is 11.3. The maximum atomic E-state index is 13.0. The third-order valence-corrected chi connectivity index (χ3v) is 6.42. The van der Waals surface area contributed by atoms with Gasteiger partial charge in [-0.1, -0.05) is 6.92 Å². The molecular weight excluding hydrogens is 426 g/mol. The SMILES string of the molecule is CCSCCCOc1ccc(N2CCC(Oc3ccc(OC4CC4)cc3)C2=O)cc1OC. The number of thioether (sulfide) groups is 1. The van der Waals surface area contributed by atoms with Gasteiger partial charge in [-0.05, 0) is 67.2 Å². The van der Waals surface area contributed by atoms with Gasteiger partial charge < -0.3 is 23.8 Å². The van der Waals surface area contributed by atoms with Crippen LogP contribution in [0.25, 0.3) is 0 Å². The number of hydrogen-bond acceptors (Lipinski definition) is 6. The van der Waals surface area contributed by atoms with Crippen molar-refractivity contribution in [2.45, 2.75) is 44.8 Å². The summed E-state index contributed by atoms with van der Waals surface area (Å²) in [4.78, 5) is 14.7. The molecular formula is C25H31NO5S. The molecule has 0 aromatic heterocycles. The minimum Gasteiger partial charge on any atom is -0.493 e. The van der Waals surface area contributed by atoms with Crippen molar-refractivity contribution in [3.8, 4) is 23.0 Å². The average molecular weight is 458 g/mol. The topological polar surface area (TPSA) is 57.2 Å². The molecule has 1 amide bonds. The fourth-order valence-electron chi connectivity index (χ4n) is 3.59. The van der Waals surface area contributed by atoms with Gasteiger partial charge in [0.1, 0.15) is 11.5 Å². The van der Waals surface area contributed by atoms with Gasteiger partial charge in [-0.25, -0.2) is 0 Å². The number of carbonyl (C=O) groups is 1. The Kier molecular flexibility index (Phi) is 7.68. The maximum absolute atomic E-state index is 13.0. The van der Waals surface area contributed by atoms with E-state index in [1.807, 2.05) is 54.2 Å². The van der Waals surface area contributed by atoms with Gasteiger partial charge in [0.2, 0.25) is 0 Å². The van der Waals surface area contributed by atoms with E-state index in [0.717, 1.165) is 42.2 Å². The largest absolute Gasteiger partial charge is 0.493 e. The van der Waals surface area contributed by atoms with Gasteiger partial charge in [0.05, 0.1) is 19.8 Å². The Bertz CT molecular complexity index is 900. The lowest BCUT2D eigenvalue weighted by Crippen LogP contribution is -2.32. The van der Waals surface area contributed by atoms with Crippen LogP contribution >= 0.6 is 11.8 Å². The molecule has 1 unspecified atom stereocenters. The van der Waals surface area contributed by atoms with E-state index < -0.39 is 6.10 Å².